The maximum atomic E-state index is 12.4. The Morgan fingerprint density at radius 3 is 2.39 bits per heavy atom. The molecule has 0 spiro atoms. The normalized spacial score (nSPS) is 16.0. The van der Waals surface area contributed by atoms with Gasteiger partial charge in [0.25, 0.3) is 5.91 Å². The van der Waals surface area contributed by atoms with Gasteiger partial charge >= 0.3 is 12.1 Å². The highest BCUT2D eigenvalue weighted by atomic mass is 19.4. The van der Waals surface area contributed by atoms with Crippen molar-refractivity contribution >= 4 is 12.2 Å². The summed E-state index contributed by atoms with van der Waals surface area (Å²) in [5.41, 5.74) is -0.218. The molecule has 23 heavy (non-hydrogen) atoms. The van der Waals surface area contributed by atoms with Crippen LogP contribution in [0.1, 0.15) is 29.1 Å². The Hall–Kier alpha value is -2.71. The minimum atomic E-state index is -4.71. The number of halogens is 3. The number of nitrogens with one attached hydrogen (secondary N) is 1. The molecular formula is C14H10F3N3O3. The highest BCUT2D eigenvalue weighted by Gasteiger charge is 2.44. The molecule has 1 fully saturated rings. The molecule has 0 saturated heterocycles. The van der Waals surface area contributed by atoms with Crippen LogP contribution in [0, 0.1) is 0 Å². The molecule has 1 aromatic heterocycles. The molecule has 1 aliphatic carbocycles. The second-order valence-corrected chi connectivity index (χ2v) is 5.23. The third kappa shape index (κ3) is 3.08. The van der Waals surface area contributed by atoms with Crippen LogP contribution in [0.2, 0.25) is 0 Å². The van der Waals surface area contributed by atoms with Crippen molar-refractivity contribution in [1.82, 2.24) is 15.5 Å². The average molecular weight is 325 g/mol. The first-order valence-electron chi connectivity index (χ1n) is 6.63. The fourth-order valence-corrected chi connectivity index (χ4v) is 1.93. The SMILES string of the molecule is O=CC1(NC(=O)c2ccc(-c3noc(C(F)(F)F)n3)cc2)CC1. The van der Waals surface area contributed by atoms with Crippen LogP contribution >= 0.6 is 0 Å². The summed E-state index contributed by atoms with van der Waals surface area (Å²) in [4.78, 5) is 26.1. The summed E-state index contributed by atoms with van der Waals surface area (Å²) in [6.45, 7) is 0. The molecule has 1 saturated carbocycles. The zero-order chi connectivity index (χ0) is 16.7. The molecule has 1 N–H and O–H groups in total. The van der Waals surface area contributed by atoms with Crippen molar-refractivity contribution in [3.05, 3.63) is 35.7 Å². The molecule has 3 rings (SSSR count). The van der Waals surface area contributed by atoms with Crippen LogP contribution in [0.5, 0.6) is 0 Å². The largest absolute Gasteiger partial charge is 0.471 e. The van der Waals surface area contributed by atoms with Gasteiger partial charge in [0.15, 0.2) is 0 Å². The van der Waals surface area contributed by atoms with E-state index in [0.29, 0.717) is 19.1 Å². The predicted molar refractivity (Wildman–Crippen MR) is 70.2 cm³/mol. The minimum absolute atomic E-state index is 0.226. The Labute approximate surface area is 127 Å². The molecule has 2 aromatic rings. The summed E-state index contributed by atoms with van der Waals surface area (Å²) in [7, 11) is 0. The molecule has 0 unspecified atom stereocenters. The molecule has 1 heterocycles. The predicted octanol–water partition coefficient (Wildman–Crippen LogP) is 2.22. The summed E-state index contributed by atoms with van der Waals surface area (Å²) in [5.74, 6) is -2.09. The van der Waals surface area contributed by atoms with Crippen LogP contribution in [-0.4, -0.2) is 27.9 Å². The molecule has 9 heteroatoms. The lowest BCUT2D eigenvalue weighted by molar-refractivity contribution is -0.159. The van der Waals surface area contributed by atoms with Crippen LogP contribution in [-0.2, 0) is 11.0 Å². The second kappa shape index (κ2) is 5.18. The highest BCUT2D eigenvalue weighted by molar-refractivity contribution is 5.97. The Kier molecular flexibility index (Phi) is 3.42. The van der Waals surface area contributed by atoms with E-state index in [1.54, 1.807) is 0 Å². The molecule has 0 atom stereocenters. The topological polar surface area (TPSA) is 85.1 Å². The Bertz CT molecular complexity index is 749. The van der Waals surface area contributed by atoms with E-state index in [9.17, 15) is 22.8 Å². The van der Waals surface area contributed by atoms with Crippen molar-refractivity contribution < 1.29 is 27.3 Å². The fraction of sp³-hybridized carbons (Fsp3) is 0.286. The van der Waals surface area contributed by atoms with Gasteiger partial charge in [0.1, 0.15) is 6.29 Å². The second-order valence-electron chi connectivity index (χ2n) is 5.23. The van der Waals surface area contributed by atoms with Crippen molar-refractivity contribution in [3.8, 4) is 11.4 Å². The number of nitrogens with zero attached hydrogens (tertiary/aromatic N) is 2. The smallest absolute Gasteiger partial charge is 0.340 e. The lowest BCUT2D eigenvalue weighted by Crippen LogP contribution is -2.37. The van der Waals surface area contributed by atoms with Crippen LogP contribution in [0.3, 0.4) is 0 Å². The number of benzene rings is 1. The number of aldehydes is 1. The van der Waals surface area contributed by atoms with Crippen molar-refractivity contribution in [2.45, 2.75) is 24.6 Å². The van der Waals surface area contributed by atoms with Gasteiger partial charge in [-0.2, -0.15) is 18.2 Å². The summed E-state index contributed by atoms with van der Waals surface area (Å²) in [6, 6.07) is 5.63. The monoisotopic (exact) mass is 325 g/mol. The minimum Gasteiger partial charge on any atom is -0.340 e. The van der Waals surface area contributed by atoms with Gasteiger partial charge in [0.05, 0.1) is 5.54 Å². The zero-order valence-corrected chi connectivity index (χ0v) is 11.6. The summed E-state index contributed by atoms with van der Waals surface area (Å²) < 4.78 is 41.4. The third-order valence-electron chi connectivity index (χ3n) is 3.45. The van der Waals surface area contributed by atoms with Crippen LogP contribution < -0.4 is 5.32 Å². The van der Waals surface area contributed by atoms with Gasteiger partial charge < -0.3 is 14.6 Å². The quantitative estimate of drug-likeness (QED) is 0.871. The van der Waals surface area contributed by atoms with E-state index in [1.165, 1.54) is 24.3 Å². The molecule has 1 aromatic carbocycles. The Balaban J connectivity index is 1.75. The van der Waals surface area contributed by atoms with Gasteiger partial charge in [-0.15, -0.1) is 0 Å². The number of carbonyl (C=O) groups excluding carboxylic acids is 2. The standard InChI is InChI=1S/C14H10F3N3O3/c15-14(16,17)12-18-10(20-23-12)8-1-3-9(4-2-8)11(22)19-13(7-21)5-6-13/h1-4,7H,5-6H2,(H,19,22). The van der Waals surface area contributed by atoms with Crippen molar-refractivity contribution in [2.24, 2.45) is 0 Å². The zero-order valence-electron chi connectivity index (χ0n) is 11.6. The molecule has 1 aliphatic rings. The Morgan fingerprint density at radius 1 is 1.26 bits per heavy atom. The number of hydrogen-bond acceptors (Lipinski definition) is 5. The van der Waals surface area contributed by atoms with Crippen molar-refractivity contribution in [3.63, 3.8) is 0 Å². The van der Waals surface area contributed by atoms with Gasteiger partial charge in [-0.3, -0.25) is 4.79 Å². The van der Waals surface area contributed by atoms with Gasteiger partial charge in [-0.1, -0.05) is 17.3 Å². The number of alkyl halides is 3. The third-order valence-corrected chi connectivity index (χ3v) is 3.45. The highest BCUT2D eigenvalue weighted by Crippen LogP contribution is 2.33. The van der Waals surface area contributed by atoms with Crippen molar-refractivity contribution in [1.29, 1.82) is 0 Å². The summed E-state index contributed by atoms with van der Waals surface area (Å²) in [6.07, 6.45) is -2.80. The van der Waals surface area contributed by atoms with E-state index in [0.717, 1.165) is 0 Å². The van der Waals surface area contributed by atoms with Crippen LogP contribution in [0.4, 0.5) is 13.2 Å². The lowest BCUT2D eigenvalue weighted by Gasteiger charge is -2.10. The average Bonchev–Trinajstić information content (AvgIpc) is 3.10. The number of amides is 1. The van der Waals surface area contributed by atoms with E-state index in [4.69, 9.17) is 0 Å². The number of hydrogen-bond donors (Lipinski definition) is 1. The number of carbonyl (C=O) groups is 2. The van der Waals surface area contributed by atoms with Crippen molar-refractivity contribution in [2.75, 3.05) is 0 Å². The number of rotatable bonds is 4. The van der Waals surface area contributed by atoms with E-state index >= 15 is 0 Å². The van der Waals surface area contributed by atoms with E-state index in [1.807, 2.05) is 0 Å². The van der Waals surface area contributed by atoms with Crippen LogP contribution in [0.15, 0.2) is 28.8 Å². The molecule has 6 nitrogen and oxygen atoms in total. The first-order valence-corrected chi connectivity index (χ1v) is 6.63. The van der Waals surface area contributed by atoms with Gasteiger partial charge in [0.2, 0.25) is 5.82 Å². The molecular weight excluding hydrogens is 315 g/mol. The van der Waals surface area contributed by atoms with E-state index < -0.39 is 23.5 Å². The first kappa shape index (κ1) is 15.2. The van der Waals surface area contributed by atoms with E-state index in [2.05, 4.69) is 20.0 Å². The van der Waals surface area contributed by atoms with Gasteiger partial charge in [-0.25, -0.2) is 0 Å². The lowest BCUT2D eigenvalue weighted by atomic mass is 10.1. The number of aromatic nitrogens is 2. The summed E-state index contributed by atoms with van der Waals surface area (Å²) in [5, 5.41) is 5.87. The molecule has 0 radical (unpaired) electrons. The molecule has 0 aliphatic heterocycles. The molecule has 1 amide bonds. The molecule has 120 valence electrons. The van der Waals surface area contributed by atoms with E-state index in [-0.39, 0.29) is 17.0 Å². The van der Waals surface area contributed by atoms with Gasteiger partial charge in [0, 0.05) is 11.1 Å². The maximum absolute atomic E-state index is 12.4. The fourth-order valence-electron chi connectivity index (χ4n) is 1.93. The molecule has 0 bridgehead atoms. The van der Waals surface area contributed by atoms with Crippen LogP contribution in [0.25, 0.3) is 11.4 Å². The first-order chi connectivity index (χ1) is 10.8. The maximum Gasteiger partial charge on any atom is 0.471 e. The Morgan fingerprint density at radius 2 is 1.91 bits per heavy atom. The van der Waals surface area contributed by atoms with Gasteiger partial charge in [-0.05, 0) is 25.0 Å². The summed E-state index contributed by atoms with van der Waals surface area (Å²) >= 11 is 0.